The van der Waals surface area contributed by atoms with Gasteiger partial charge in [0.25, 0.3) is 0 Å². The zero-order valence-electron chi connectivity index (χ0n) is 9.08. The molecule has 1 aliphatic rings. The summed E-state index contributed by atoms with van der Waals surface area (Å²) >= 11 is 0. The third-order valence-electron chi connectivity index (χ3n) is 2.55. The van der Waals surface area contributed by atoms with Crippen molar-refractivity contribution in [2.24, 2.45) is 0 Å². The number of hydrogen-bond acceptors (Lipinski definition) is 2. The van der Waals surface area contributed by atoms with E-state index >= 15 is 0 Å². The number of carbonyl (C=O) groups is 1. The summed E-state index contributed by atoms with van der Waals surface area (Å²) in [6.45, 7) is 3.93. The Morgan fingerprint density at radius 1 is 1.57 bits per heavy atom. The number of likely N-dealkylation sites (N-methyl/N-ethyl adjacent to an activating group) is 1. The quantitative estimate of drug-likeness (QED) is 0.678. The summed E-state index contributed by atoms with van der Waals surface area (Å²) < 4.78 is 5.18. The Morgan fingerprint density at radius 3 is 2.79 bits per heavy atom. The highest BCUT2D eigenvalue weighted by Crippen LogP contribution is 2.17. The van der Waals surface area contributed by atoms with E-state index in [0.717, 1.165) is 12.8 Å². The lowest BCUT2D eigenvalue weighted by Gasteiger charge is -2.29. The van der Waals surface area contributed by atoms with Crippen molar-refractivity contribution in [2.75, 3.05) is 26.8 Å². The normalized spacial score (nSPS) is 16.1. The molecule has 0 saturated heterocycles. The Hall–Kier alpha value is -0.770. The summed E-state index contributed by atoms with van der Waals surface area (Å²) in [7, 11) is 1.80. The van der Waals surface area contributed by atoms with E-state index in [0.29, 0.717) is 25.8 Å². The standard InChI is InChI=1S/C10H20N2O2/c1-3-14-8-7-12(2)10(13)11-9-5-4-6-9/h9H,3-8H2,1-2H3,(H,11,13). The molecule has 4 nitrogen and oxygen atoms in total. The highest BCUT2D eigenvalue weighted by Gasteiger charge is 2.20. The number of urea groups is 1. The molecule has 1 rings (SSSR count). The van der Waals surface area contributed by atoms with Crippen molar-refractivity contribution in [2.45, 2.75) is 32.2 Å². The maximum atomic E-state index is 11.5. The fourth-order valence-corrected chi connectivity index (χ4v) is 1.28. The van der Waals surface area contributed by atoms with E-state index < -0.39 is 0 Å². The van der Waals surface area contributed by atoms with Crippen molar-refractivity contribution in [1.82, 2.24) is 10.2 Å². The molecule has 0 aliphatic heterocycles. The van der Waals surface area contributed by atoms with Gasteiger partial charge in [-0.15, -0.1) is 0 Å². The molecule has 0 atom stereocenters. The first-order chi connectivity index (χ1) is 6.74. The van der Waals surface area contributed by atoms with Crippen LogP contribution in [0.15, 0.2) is 0 Å². The molecule has 0 radical (unpaired) electrons. The lowest BCUT2D eigenvalue weighted by molar-refractivity contribution is 0.124. The second kappa shape index (κ2) is 5.86. The molecule has 1 aliphatic carbocycles. The number of carbonyl (C=O) groups excluding carboxylic acids is 1. The van der Waals surface area contributed by atoms with E-state index in [2.05, 4.69) is 5.32 Å². The molecule has 0 spiro atoms. The van der Waals surface area contributed by atoms with Crippen molar-refractivity contribution < 1.29 is 9.53 Å². The molecule has 14 heavy (non-hydrogen) atoms. The second-order valence-electron chi connectivity index (χ2n) is 3.70. The Bertz CT molecular complexity index is 181. The number of hydrogen-bond donors (Lipinski definition) is 1. The van der Waals surface area contributed by atoms with Crippen LogP contribution >= 0.6 is 0 Å². The average Bonchev–Trinajstić information content (AvgIpc) is 2.11. The maximum Gasteiger partial charge on any atom is 0.317 e. The fraction of sp³-hybridized carbons (Fsp3) is 0.900. The first-order valence-corrected chi connectivity index (χ1v) is 5.33. The van der Waals surface area contributed by atoms with Crippen LogP contribution in [0.5, 0.6) is 0 Å². The number of amides is 2. The van der Waals surface area contributed by atoms with Gasteiger partial charge in [0, 0.05) is 26.2 Å². The first-order valence-electron chi connectivity index (χ1n) is 5.33. The van der Waals surface area contributed by atoms with E-state index in [1.807, 2.05) is 6.92 Å². The summed E-state index contributed by atoms with van der Waals surface area (Å²) in [5.74, 6) is 0. The third kappa shape index (κ3) is 3.54. The molecule has 0 bridgehead atoms. The summed E-state index contributed by atoms with van der Waals surface area (Å²) in [6.07, 6.45) is 3.50. The zero-order chi connectivity index (χ0) is 10.4. The van der Waals surface area contributed by atoms with Crippen LogP contribution in [-0.2, 0) is 4.74 Å². The largest absolute Gasteiger partial charge is 0.380 e. The molecule has 0 unspecified atom stereocenters. The fourth-order valence-electron chi connectivity index (χ4n) is 1.28. The van der Waals surface area contributed by atoms with E-state index in [-0.39, 0.29) is 6.03 Å². The van der Waals surface area contributed by atoms with Gasteiger partial charge in [-0.3, -0.25) is 0 Å². The SMILES string of the molecule is CCOCCN(C)C(=O)NC1CCC1. The summed E-state index contributed by atoms with van der Waals surface area (Å²) in [5.41, 5.74) is 0. The molecule has 0 aromatic carbocycles. The van der Waals surface area contributed by atoms with Gasteiger partial charge in [0.1, 0.15) is 0 Å². The van der Waals surface area contributed by atoms with Gasteiger partial charge in [0.2, 0.25) is 0 Å². The number of nitrogens with one attached hydrogen (secondary N) is 1. The van der Waals surface area contributed by atoms with Crippen molar-refractivity contribution in [3.8, 4) is 0 Å². The number of rotatable bonds is 5. The van der Waals surface area contributed by atoms with E-state index in [9.17, 15) is 4.79 Å². The van der Waals surface area contributed by atoms with Crippen LogP contribution in [0.4, 0.5) is 4.79 Å². The predicted octanol–water partition coefficient (Wildman–Crippen LogP) is 1.22. The minimum atomic E-state index is 0.0226. The van der Waals surface area contributed by atoms with Gasteiger partial charge in [-0.2, -0.15) is 0 Å². The van der Waals surface area contributed by atoms with Crippen LogP contribution in [0.25, 0.3) is 0 Å². The maximum absolute atomic E-state index is 11.5. The highest BCUT2D eigenvalue weighted by atomic mass is 16.5. The Balaban J connectivity index is 2.08. The van der Waals surface area contributed by atoms with Crippen molar-refractivity contribution in [1.29, 1.82) is 0 Å². The minimum absolute atomic E-state index is 0.0226. The van der Waals surface area contributed by atoms with Crippen LogP contribution in [0, 0.1) is 0 Å². The van der Waals surface area contributed by atoms with Crippen LogP contribution in [0.2, 0.25) is 0 Å². The third-order valence-corrected chi connectivity index (χ3v) is 2.55. The van der Waals surface area contributed by atoms with Gasteiger partial charge in [0.05, 0.1) is 6.61 Å². The highest BCUT2D eigenvalue weighted by molar-refractivity contribution is 5.74. The van der Waals surface area contributed by atoms with Crippen LogP contribution in [0.1, 0.15) is 26.2 Å². The van der Waals surface area contributed by atoms with E-state index in [1.165, 1.54) is 6.42 Å². The topological polar surface area (TPSA) is 41.6 Å². The first kappa shape index (κ1) is 11.3. The van der Waals surface area contributed by atoms with E-state index in [4.69, 9.17) is 4.74 Å². The second-order valence-corrected chi connectivity index (χ2v) is 3.70. The summed E-state index contributed by atoms with van der Waals surface area (Å²) in [4.78, 5) is 13.2. The molecule has 2 amide bonds. The van der Waals surface area contributed by atoms with Gasteiger partial charge in [0.15, 0.2) is 0 Å². The molecule has 0 aromatic rings. The molecular weight excluding hydrogens is 180 g/mol. The Morgan fingerprint density at radius 2 is 2.29 bits per heavy atom. The molecule has 4 heteroatoms. The van der Waals surface area contributed by atoms with Gasteiger partial charge >= 0.3 is 6.03 Å². The smallest absolute Gasteiger partial charge is 0.317 e. The van der Waals surface area contributed by atoms with Gasteiger partial charge in [-0.05, 0) is 26.2 Å². The average molecular weight is 200 g/mol. The molecular formula is C10H20N2O2. The molecule has 0 aromatic heterocycles. The van der Waals surface area contributed by atoms with Crippen molar-refractivity contribution in [3.63, 3.8) is 0 Å². The van der Waals surface area contributed by atoms with Gasteiger partial charge in [-0.25, -0.2) is 4.79 Å². The minimum Gasteiger partial charge on any atom is -0.380 e. The molecule has 82 valence electrons. The Kier molecular flexibility index (Phi) is 4.73. The summed E-state index contributed by atoms with van der Waals surface area (Å²) in [5, 5.41) is 2.97. The van der Waals surface area contributed by atoms with Crippen LogP contribution in [0.3, 0.4) is 0 Å². The Labute approximate surface area is 85.6 Å². The summed E-state index contributed by atoms with van der Waals surface area (Å²) in [6, 6.07) is 0.437. The van der Waals surface area contributed by atoms with Crippen molar-refractivity contribution in [3.05, 3.63) is 0 Å². The van der Waals surface area contributed by atoms with Crippen LogP contribution in [-0.4, -0.2) is 43.8 Å². The molecule has 1 N–H and O–H groups in total. The predicted molar refractivity (Wildman–Crippen MR) is 55.3 cm³/mol. The van der Waals surface area contributed by atoms with Crippen molar-refractivity contribution >= 4 is 6.03 Å². The molecule has 1 saturated carbocycles. The van der Waals surface area contributed by atoms with E-state index in [1.54, 1.807) is 11.9 Å². The number of ether oxygens (including phenoxy) is 1. The number of nitrogens with zero attached hydrogens (tertiary/aromatic N) is 1. The molecule has 0 heterocycles. The zero-order valence-corrected chi connectivity index (χ0v) is 9.08. The molecule has 1 fully saturated rings. The van der Waals surface area contributed by atoms with Gasteiger partial charge < -0.3 is 15.0 Å². The van der Waals surface area contributed by atoms with Crippen LogP contribution < -0.4 is 5.32 Å². The lowest BCUT2D eigenvalue weighted by atomic mass is 9.93. The monoisotopic (exact) mass is 200 g/mol. The lowest BCUT2D eigenvalue weighted by Crippen LogP contribution is -2.46. The van der Waals surface area contributed by atoms with Gasteiger partial charge in [-0.1, -0.05) is 0 Å².